The highest BCUT2D eigenvalue weighted by Crippen LogP contribution is 2.21. The van der Waals surface area contributed by atoms with Gasteiger partial charge in [0.2, 0.25) is 0 Å². The summed E-state index contributed by atoms with van der Waals surface area (Å²) < 4.78 is 24.0. The quantitative estimate of drug-likeness (QED) is 0.817. The van der Waals surface area contributed by atoms with Crippen LogP contribution in [0.1, 0.15) is 11.1 Å². The average molecular weight is 290 g/mol. The Morgan fingerprint density at radius 1 is 1.14 bits per heavy atom. The minimum Gasteiger partial charge on any atom is -0.496 e. The minimum atomic E-state index is -1.55. The molecule has 0 unspecified atom stereocenters. The lowest BCUT2D eigenvalue weighted by Crippen LogP contribution is -2.30. The number of hydrogen-bond donors (Lipinski definition) is 2. The molecule has 0 amide bonds. The van der Waals surface area contributed by atoms with Crippen LogP contribution in [0.4, 0.5) is 4.39 Å². The predicted molar refractivity (Wildman–Crippen MR) is 78.3 cm³/mol. The van der Waals surface area contributed by atoms with Gasteiger partial charge in [-0.3, -0.25) is 0 Å². The molecule has 6 heteroatoms. The van der Waals surface area contributed by atoms with Crippen LogP contribution in [-0.4, -0.2) is 24.3 Å². The number of ether oxygens (including phenoxy) is 2. The first-order valence-electron chi connectivity index (χ1n) is 6.43. The molecule has 2 aromatic carbocycles. The molecule has 0 saturated heterocycles. The molecular weight excluding hydrogens is 274 g/mol. The van der Waals surface area contributed by atoms with Gasteiger partial charge in [0.15, 0.2) is 0 Å². The summed E-state index contributed by atoms with van der Waals surface area (Å²) in [5, 5.41) is 18.4. The van der Waals surface area contributed by atoms with E-state index < -0.39 is 7.12 Å². The van der Waals surface area contributed by atoms with E-state index in [4.69, 9.17) is 9.47 Å². The predicted octanol–water partition coefficient (Wildman–Crippen LogP) is 1.40. The van der Waals surface area contributed by atoms with Crippen LogP contribution in [0.2, 0.25) is 0 Å². The zero-order valence-electron chi connectivity index (χ0n) is 11.8. The number of benzene rings is 2. The number of halogens is 1. The van der Waals surface area contributed by atoms with Gasteiger partial charge in [-0.15, -0.1) is 0 Å². The third-order valence-corrected chi connectivity index (χ3v) is 3.13. The SMILES string of the molecule is COc1ccc(B(O)O)cc1COc1ccc(F)c(C)c1. The van der Waals surface area contributed by atoms with E-state index in [0.717, 1.165) is 0 Å². The van der Waals surface area contributed by atoms with Crippen LogP contribution >= 0.6 is 0 Å². The molecule has 0 bridgehead atoms. The molecule has 110 valence electrons. The summed E-state index contributed by atoms with van der Waals surface area (Å²) in [7, 11) is -0.0293. The van der Waals surface area contributed by atoms with Gasteiger partial charge in [0.05, 0.1) is 7.11 Å². The number of methoxy groups -OCH3 is 1. The lowest BCUT2D eigenvalue weighted by molar-refractivity contribution is 0.296. The van der Waals surface area contributed by atoms with Crippen molar-refractivity contribution >= 4 is 12.6 Å². The van der Waals surface area contributed by atoms with E-state index in [9.17, 15) is 14.4 Å². The second-order valence-electron chi connectivity index (χ2n) is 4.64. The first-order valence-corrected chi connectivity index (χ1v) is 6.43. The van der Waals surface area contributed by atoms with E-state index in [1.54, 1.807) is 37.3 Å². The maximum Gasteiger partial charge on any atom is 0.488 e. The number of aryl methyl sites for hydroxylation is 1. The Morgan fingerprint density at radius 3 is 2.52 bits per heavy atom. The third kappa shape index (κ3) is 3.74. The fourth-order valence-electron chi connectivity index (χ4n) is 1.94. The molecule has 21 heavy (non-hydrogen) atoms. The van der Waals surface area contributed by atoms with Gasteiger partial charge >= 0.3 is 7.12 Å². The van der Waals surface area contributed by atoms with E-state index in [1.165, 1.54) is 13.2 Å². The van der Waals surface area contributed by atoms with E-state index in [1.807, 2.05) is 0 Å². The number of rotatable bonds is 5. The van der Waals surface area contributed by atoms with Crippen molar-refractivity contribution in [1.29, 1.82) is 0 Å². The van der Waals surface area contributed by atoms with Gasteiger partial charge in [0.25, 0.3) is 0 Å². The monoisotopic (exact) mass is 290 g/mol. The van der Waals surface area contributed by atoms with Gasteiger partial charge in [0.1, 0.15) is 23.9 Å². The molecule has 0 aromatic heterocycles. The first kappa shape index (κ1) is 15.3. The van der Waals surface area contributed by atoms with Crippen LogP contribution in [0.5, 0.6) is 11.5 Å². The van der Waals surface area contributed by atoms with Gasteiger partial charge in [0, 0.05) is 5.56 Å². The summed E-state index contributed by atoms with van der Waals surface area (Å²) in [6.07, 6.45) is 0. The van der Waals surface area contributed by atoms with Gasteiger partial charge in [-0.2, -0.15) is 0 Å². The standard InChI is InChI=1S/C15H16BFO4/c1-10-7-13(4-5-14(10)17)21-9-11-8-12(16(18)19)3-6-15(11)20-2/h3-8,18-19H,9H2,1-2H3. The van der Waals surface area contributed by atoms with Crippen molar-refractivity contribution in [2.75, 3.05) is 7.11 Å². The second kappa shape index (κ2) is 6.60. The molecule has 2 aromatic rings. The molecule has 4 nitrogen and oxygen atoms in total. The lowest BCUT2D eigenvalue weighted by Gasteiger charge is -2.12. The van der Waals surface area contributed by atoms with Crippen molar-refractivity contribution in [2.45, 2.75) is 13.5 Å². The van der Waals surface area contributed by atoms with Gasteiger partial charge in [-0.1, -0.05) is 12.1 Å². The van der Waals surface area contributed by atoms with Crippen molar-refractivity contribution in [2.24, 2.45) is 0 Å². The smallest absolute Gasteiger partial charge is 0.488 e. The summed E-state index contributed by atoms with van der Waals surface area (Å²) in [6.45, 7) is 1.83. The van der Waals surface area contributed by atoms with E-state index >= 15 is 0 Å². The molecular formula is C15H16BFO4. The van der Waals surface area contributed by atoms with Crippen molar-refractivity contribution in [3.8, 4) is 11.5 Å². The molecule has 0 aliphatic carbocycles. The Morgan fingerprint density at radius 2 is 1.90 bits per heavy atom. The van der Waals surface area contributed by atoms with Crippen molar-refractivity contribution in [1.82, 2.24) is 0 Å². The first-order chi connectivity index (χ1) is 10.0. The highest BCUT2D eigenvalue weighted by Gasteiger charge is 2.14. The third-order valence-electron chi connectivity index (χ3n) is 3.13. The molecule has 0 radical (unpaired) electrons. The van der Waals surface area contributed by atoms with Crippen LogP contribution < -0.4 is 14.9 Å². The second-order valence-corrected chi connectivity index (χ2v) is 4.64. The molecule has 0 atom stereocenters. The summed E-state index contributed by atoms with van der Waals surface area (Å²) in [5.74, 6) is 0.828. The van der Waals surface area contributed by atoms with Gasteiger partial charge < -0.3 is 19.5 Å². The molecule has 2 N–H and O–H groups in total. The Balaban J connectivity index is 2.17. The highest BCUT2D eigenvalue weighted by atomic mass is 19.1. The van der Waals surface area contributed by atoms with Gasteiger partial charge in [-0.25, -0.2) is 4.39 Å². The molecule has 0 aliphatic rings. The average Bonchev–Trinajstić information content (AvgIpc) is 2.48. The van der Waals surface area contributed by atoms with Crippen molar-refractivity contribution < 1.29 is 23.9 Å². The molecule has 0 spiro atoms. The Hall–Kier alpha value is -2.05. The van der Waals surface area contributed by atoms with Crippen molar-refractivity contribution in [3.05, 3.63) is 53.3 Å². The molecule has 0 fully saturated rings. The number of hydrogen-bond acceptors (Lipinski definition) is 4. The van der Waals surface area contributed by atoms with Crippen LogP contribution in [0.25, 0.3) is 0 Å². The van der Waals surface area contributed by atoms with Gasteiger partial charge in [-0.05, 0) is 42.2 Å². The van der Waals surface area contributed by atoms with Crippen LogP contribution in [-0.2, 0) is 6.61 Å². The maximum absolute atomic E-state index is 13.2. The van der Waals surface area contributed by atoms with Crippen molar-refractivity contribution in [3.63, 3.8) is 0 Å². The van der Waals surface area contributed by atoms with E-state index in [0.29, 0.717) is 28.1 Å². The zero-order valence-corrected chi connectivity index (χ0v) is 11.8. The van der Waals surface area contributed by atoms with Crippen LogP contribution in [0, 0.1) is 12.7 Å². The maximum atomic E-state index is 13.2. The minimum absolute atomic E-state index is 0.175. The summed E-state index contributed by atoms with van der Waals surface area (Å²) >= 11 is 0. The Kier molecular flexibility index (Phi) is 4.83. The summed E-state index contributed by atoms with van der Waals surface area (Å²) in [6, 6.07) is 9.29. The lowest BCUT2D eigenvalue weighted by atomic mass is 9.79. The molecule has 0 saturated carbocycles. The summed E-state index contributed by atoms with van der Waals surface area (Å²) in [4.78, 5) is 0. The summed E-state index contributed by atoms with van der Waals surface area (Å²) in [5.41, 5.74) is 1.52. The van der Waals surface area contributed by atoms with Crippen LogP contribution in [0.15, 0.2) is 36.4 Å². The molecule has 0 aliphatic heterocycles. The van der Waals surface area contributed by atoms with E-state index in [2.05, 4.69) is 0 Å². The Bertz CT molecular complexity index is 631. The highest BCUT2D eigenvalue weighted by molar-refractivity contribution is 6.58. The Labute approximate surface area is 122 Å². The zero-order chi connectivity index (χ0) is 15.4. The molecule has 2 rings (SSSR count). The van der Waals surface area contributed by atoms with Crippen LogP contribution in [0.3, 0.4) is 0 Å². The topological polar surface area (TPSA) is 58.9 Å². The normalized spacial score (nSPS) is 10.3. The largest absolute Gasteiger partial charge is 0.496 e. The molecule has 0 heterocycles. The van der Waals surface area contributed by atoms with E-state index in [-0.39, 0.29) is 12.4 Å². The fraction of sp³-hybridized carbons (Fsp3) is 0.200. The fourth-order valence-corrected chi connectivity index (χ4v) is 1.94.